The second-order valence-corrected chi connectivity index (χ2v) is 11.0. The van der Waals surface area contributed by atoms with Crippen molar-refractivity contribution in [3.63, 3.8) is 0 Å². The maximum atomic E-state index is 6.56. The van der Waals surface area contributed by atoms with E-state index in [1.165, 1.54) is 11.1 Å². The highest BCUT2D eigenvalue weighted by atomic mass is 16.3. The predicted molar refractivity (Wildman–Crippen MR) is 185 cm³/mol. The van der Waals surface area contributed by atoms with Crippen LogP contribution in [0, 0.1) is 0 Å². The van der Waals surface area contributed by atoms with E-state index in [1.54, 1.807) is 0 Å². The van der Waals surface area contributed by atoms with Gasteiger partial charge in [0.1, 0.15) is 11.2 Å². The molecular weight excluding hydrogens is 534 g/mol. The number of rotatable bonds is 6. The molecule has 0 aliphatic rings. The lowest BCUT2D eigenvalue weighted by molar-refractivity contribution is 0.670. The van der Waals surface area contributed by atoms with Crippen LogP contribution in [0.15, 0.2) is 180 Å². The summed E-state index contributed by atoms with van der Waals surface area (Å²) in [7, 11) is 0. The lowest BCUT2D eigenvalue weighted by atomic mass is 9.95. The van der Waals surface area contributed by atoms with Gasteiger partial charge in [0.2, 0.25) is 0 Å². The third-order valence-corrected chi connectivity index (χ3v) is 8.25. The molecule has 2 heteroatoms. The van der Waals surface area contributed by atoms with Crippen LogP contribution in [-0.2, 0) is 0 Å². The van der Waals surface area contributed by atoms with Gasteiger partial charge in [-0.2, -0.15) is 0 Å². The molecule has 8 aromatic rings. The number of anilines is 3. The molecule has 0 N–H and O–H groups in total. The highest BCUT2D eigenvalue weighted by Crippen LogP contribution is 2.41. The van der Waals surface area contributed by atoms with Gasteiger partial charge in [0.15, 0.2) is 0 Å². The van der Waals surface area contributed by atoms with Crippen molar-refractivity contribution in [3.8, 4) is 33.4 Å². The molecule has 0 atom stereocenters. The van der Waals surface area contributed by atoms with Crippen molar-refractivity contribution in [2.75, 3.05) is 4.90 Å². The number of hydrogen-bond acceptors (Lipinski definition) is 2. The van der Waals surface area contributed by atoms with Gasteiger partial charge in [0.05, 0.1) is 0 Å². The van der Waals surface area contributed by atoms with E-state index in [2.05, 4.69) is 181 Å². The summed E-state index contributed by atoms with van der Waals surface area (Å²) < 4.78 is 6.56. The molecule has 0 fully saturated rings. The number of fused-ring (bicyclic) bond motifs is 3. The Morgan fingerprint density at radius 1 is 0.341 bits per heavy atom. The molecule has 0 radical (unpaired) electrons. The molecule has 0 spiro atoms. The summed E-state index contributed by atoms with van der Waals surface area (Å²) in [5.41, 5.74) is 12.1. The summed E-state index contributed by atoms with van der Waals surface area (Å²) in [6.07, 6.45) is 0. The Labute approximate surface area is 257 Å². The van der Waals surface area contributed by atoms with E-state index in [0.29, 0.717) is 0 Å². The molecule has 0 saturated carbocycles. The van der Waals surface area contributed by atoms with E-state index in [0.717, 1.165) is 61.3 Å². The fourth-order valence-corrected chi connectivity index (χ4v) is 6.09. The van der Waals surface area contributed by atoms with Gasteiger partial charge in [-0.1, -0.05) is 115 Å². The van der Waals surface area contributed by atoms with E-state index in [1.807, 2.05) is 0 Å². The van der Waals surface area contributed by atoms with Crippen LogP contribution in [0.3, 0.4) is 0 Å². The van der Waals surface area contributed by atoms with Gasteiger partial charge in [-0.3, -0.25) is 0 Å². The first-order valence-electron chi connectivity index (χ1n) is 14.9. The maximum absolute atomic E-state index is 6.56. The Balaban J connectivity index is 1.24. The zero-order valence-corrected chi connectivity index (χ0v) is 24.1. The molecule has 0 unspecified atom stereocenters. The summed E-state index contributed by atoms with van der Waals surface area (Å²) in [4.78, 5) is 2.28. The van der Waals surface area contributed by atoms with E-state index in [9.17, 15) is 0 Å². The van der Waals surface area contributed by atoms with Crippen LogP contribution >= 0.6 is 0 Å². The molecular formula is C42H29NO. The number of para-hydroxylation sites is 2. The lowest BCUT2D eigenvalue weighted by Crippen LogP contribution is -2.09. The normalized spacial score (nSPS) is 11.2. The maximum Gasteiger partial charge on any atom is 0.143 e. The predicted octanol–water partition coefficient (Wildman–Crippen LogP) is 12.1. The molecule has 2 nitrogen and oxygen atoms in total. The highest BCUT2D eigenvalue weighted by Gasteiger charge is 2.17. The van der Waals surface area contributed by atoms with E-state index in [4.69, 9.17) is 4.42 Å². The summed E-state index contributed by atoms with van der Waals surface area (Å²) in [6.45, 7) is 0. The lowest BCUT2D eigenvalue weighted by Gasteiger charge is -2.25. The van der Waals surface area contributed by atoms with Crippen molar-refractivity contribution >= 4 is 39.0 Å². The Morgan fingerprint density at radius 2 is 0.818 bits per heavy atom. The van der Waals surface area contributed by atoms with Crippen molar-refractivity contribution < 1.29 is 4.42 Å². The van der Waals surface area contributed by atoms with Gasteiger partial charge in [0, 0.05) is 33.4 Å². The van der Waals surface area contributed by atoms with Crippen LogP contribution in [0.1, 0.15) is 0 Å². The minimum absolute atomic E-state index is 0.891. The van der Waals surface area contributed by atoms with E-state index in [-0.39, 0.29) is 0 Å². The zero-order chi connectivity index (χ0) is 29.3. The second-order valence-electron chi connectivity index (χ2n) is 11.0. The summed E-state index contributed by atoms with van der Waals surface area (Å²) in [5.74, 6) is 0. The van der Waals surface area contributed by atoms with Crippen molar-refractivity contribution in [2.24, 2.45) is 0 Å². The summed E-state index contributed by atoms with van der Waals surface area (Å²) in [6, 6.07) is 62.0. The van der Waals surface area contributed by atoms with Crippen molar-refractivity contribution in [1.29, 1.82) is 0 Å². The molecule has 0 aliphatic carbocycles. The third kappa shape index (κ3) is 4.73. The molecule has 0 aliphatic heterocycles. The largest absolute Gasteiger partial charge is 0.455 e. The van der Waals surface area contributed by atoms with Crippen LogP contribution in [-0.4, -0.2) is 0 Å². The number of benzene rings is 7. The second kappa shape index (κ2) is 11.1. The number of hydrogen-bond donors (Lipinski definition) is 0. The van der Waals surface area contributed by atoms with Crippen LogP contribution in [0.2, 0.25) is 0 Å². The van der Waals surface area contributed by atoms with Crippen LogP contribution in [0.25, 0.3) is 55.3 Å². The molecule has 44 heavy (non-hydrogen) atoms. The Morgan fingerprint density at radius 3 is 1.43 bits per heavy atom. The van der Waals surface area contributed by atoms with E-state index < -0.39 is 0 Å². The highest BCUT2D eigenvalue weighted by molar-refractivity contribution is 6.12. The molecule has 0 bridgehead atoms. The first-order chi connectivity index (χ1) is 21.8. The fraction of sp³-hybridized carbons (Fsp3) is 0. The first-order valence-corrected chi connectivity index (χ1v) is 14.9. The van der Waals surface area contributed by atoms with Crippen LogP contribution < -0.4 is 4.90 Å². The standard InChI is InChI=1S/C42H29NO/c1-5-13-30(14-6-1)34-28-38(32-15-7-2-8-16-32)42-40(29-34)39-27-33(23-26-41(39)44-42)31-21-24-37(25-22-31)43(35-17-9-3-10-18-35)36-19-11-4-12-20-36/h1-29H. The number of furan rings is 1. The fourth-order valence-electron chi connectivity index (χ4n) is 6.09. The average Bonchev–Trinajstić information content (AvgIpc) is 3.48. The minimum atomic E-state index is 0.891. The Kier molecular flexibility index (Phi) is 6.51. The number of nitrogens with zero attached hydrogens (tertiary/aromatic N) is 1. The van der Waals surface area contributed by atoms with Gasteiger partial charge in [-0.05, 0) is 88.5 Å². The average molecular weight is 564 g/mol. The molecule has 0 amide bonds. The Bertz CT molecular complexity index is 2150. The van der Waals surface area contributed by atoms with Gasteiger partial charge in [-0.15, -0.1) is 0 Å². The van der Waals surface area contributed by atoms with Crippen LogP contribution in [0.5, 0.6) is 0 Å². The smallest absolute Gasteiger partial charge is 0.143 e. The summed E-state index contributed by atoms with van der Waals surface area (Å²) >= 11 is 0. The van der Waals surface area contributed by atoms with Gasteiger partial charge in [0.25, 0.3) is 0 Å². The summed E-state index contributed by atoms with van der Waals surface area (Å²) in [5, 5.41) is 2.24. The molecule has 7 aromatic carbocycles. The monoisotopic (exact) mass is 563 g/mol. The van der Waals surface area contributed by atoms with Gasteiger partial charge < -0.3 is 9.32 Å². The van der Waals surface area contributed by atoms with Crippen molar-refractivity contribution in [1.82, 2.24) is 0 Å². The molecule has 8 rings (SSSR count). The van der Waals surface area contributed by atoms with Gasteiger partial charge in [-0.25, -0.2) is 0 Å². The quantitative estimate of drug-likeness (QED) is 0.200. The molecule has 1 heterocycles. The van der Waals surface area contributed by atoms with Crippen molar-refractivity contribution in [3.05, 3.63) is 176 Å². The van der Waals surface area contributed by atoms with E-state index >= 15 is 0 Å². The van der Waals surface area contributed by atoms with Gasteiger partial charge >= 0.3 is 0 Å². The topological polar surface area (TPSA) is 16.4 Å². The Hall–Kier alpha value is -5.86. The minimum Gasteiger partial charge on any atom is -0.455 e. The van der Waals surface area contributed by atoms with Crippen molar-refractivity contribution in [2.45, 2.75) is 0 Å². The molecule has 1 aromatic heterocycles. The first kappa shape index (κ1) is 25.8. The zero-order valence-electron chi connectivity index (χ0n) is 24.1. The van der Waals surface area contributed by atoms with Crippen LogP contribution in [0.4, 0.5) is 17.1 Å². The molecule has 208 valence electrons. The molecule has 0 saturated heterocycles. The third-order valence-electron chi connectivity index (χ3n) is 8.25. The SMILES string of the molecule is c1ccc(-c2cc(-c3ccccc3)c3oc4ccc(-c5ccc(N(c6ccccc6)c6ccccc6)cc5)cc4c3c2)cc1.